The molecule has 0 atom stereocenters. The third-order valence-electron chi connectivity index (χ3n) is 2.53. The highest BCUT2D eigenvalue weighted by Gasteiger charge is 2.12. The van der Waals surface area contributed by atoms with Gasteiger partial charge >= 0.3 is 0 Å². The highest BCUT2D eigenvalue weighted by atomic mass is 32.2. The summed E-state index contributed by atoms with van der Waals surface area (Å²) in [5.74, 6) is 6.33. The van der Waals surface area contributed by atoms with Gasteiger partial charge in [0.1, 0.15) is 11.4 Å². The first-order valence-corrected chi connectivity index (χ1v) is 7.00. The predicted octanol–water partition coefficient (Wildman–Crippen LogP) is 0.945. The summed E-state index contributed by atoms with van der Waals surface area (Å²) in [6.45, 7) is 5.70. The molecule has 2 rings (SSSR count). The molecule has 106 valence electrons. The predicted molar refractivity (Wildman–Crippen MR) is 77.4 cm³/mol. The van der Waals surface area contributed by atoms with Crippen LogP contribution in [0.3, 0.4) is 0 Å². The molecule has 8 nitrogen and oxygen atoms in total. The van der Waals surface area contributed by atoms with Crippen LogP contribution in [0.5, 0.6) is 0 Å². The number of nitrogen functional groups attached to an aromatic ring is 1. The Morgan fingerprint density at radius 3 is 2.65 bits per heavy atom. The Hall–Kier alpha value is -2.00. The van der Waals surface area contributed by atoms with Crippen molar-refractivity contribution in [3.8, 4) is 0 Å². The van der Waals surface area contributed by atoms with Crippen LogP contribution in [-0.4, -0.2) is 38.0 Å². The third kappa shape index (κ3) is 3.52. The van der Waals surface area contributed by atoms with Gasteiger partial charge in [0.05, 0.1) is 0 Å². The lowest BCUT2D eigenvalue weighted by Gasteiger charge is -2.19. The van der Waals surface area contributed by atoms with Crippen molar-refractivity contribution in [2.24, 2.45) is 5.84 Å². The minimum absolute atomic E-state index is 0.332. The average molecular weight is 292 g/mol. The molecule has 2 heterocycles. The molecule has 20 heavy (non-hydrogen) atoms. The van der Waals surface area contributed by atoms with Crippen molar-refractivity contribution in [3.05, 3.63) is 18.6 Å². The van der Waals surface area contributed by atoms with E-state index in [4.69, 9.17) is 5.84 Å². The maximum Gasteiger partial charge on any atom is 0.242 e. The van der Waals surface area contributed by atoms with Crippen molar-refractivity contribution >= 4 is 23.7 Å². The largest absolute Gasteiger partial charge is 0.341 e. The Kier molecular flexibility index (Phi) is 5.02. The molecule has 0 amide bonds. The van der Waals surface area contributed by atoms with Crippen LogP contribution < -0.4 is 16.2 Å². The maximum atomic E-state index is 5.41. The van der Waals surface area contributed by atoms with E-state index in [2.05, 4.69) is 30.3 Å². The van der Waals surface area contributed by atoms with Crippen LogP contribution >= 0.6 is 11.8 Å². The van der Waals surface area contributed by atoms with Gasteiger partial charge in [-0.3, -0.25) is 5.43 Å². The van der Waals surface area contributed by atoms with E-state index in [0.717, 1.165) is 18.1 Å². The van der Waals surface area contributed by atoms with Crippen molar-refractivity contribution in [1.29, 1.82) is 0 Å². The molecule has 2 aromatic heterocycles. The van der Waals surface area contributed by atoms with E-state index in [1.54, 1.807) is 12.3 Å². The van der Waals surface area contributed by atoms with Gasteiger partial charge in [0, 0.05) is 19.3 Å². The van der Waals surface area contributed by atoms with Crippen LogP contribution in [0.4, 0.5) is 11.9 Å². The fraction of sp³-hybridized carbons (Fsp3) is 0.364. The Morgan fingerprint density at radius 1 is 1.25 bits per heavy atom. The van der Waals surface area contributed by atoms with E-state index < -0.39 is 0 Å². The molecule has 0 aliphatic heterocycles. The van der Waals surface area contributed by atoms with E-state index in [1.165, 1.54) is 18.1 Å². The molecule has 0 fully saturated rings. The van der Waals surface area contributed by atoms with Crippen molar-refractivity contribution < 1.29 is 0 Å². The molecule has 9 heteroatoms. The summed E-state index contributed by atoms with van der Waals surface area (Å²) in [5.41, 5.74) is 2.46. The van der Waals surface area contributed by atoms with E-state index in [0.29, 0.717) is 17.1 Å². The normalized spacial score (nSPS) is 10.3. The SMILES string of the molecule is CCN(CC)c1nc(NN)nc(Sc2ccncn2)n1. The van der Waals surface area contributed by atoms with E-state index in [9.17, 15) is 0 Å². The molecular weight excluding hydrogens is 276 g/mol. The standard InChI is InChI=1S/C11H16N8S/c1-3-19(4-2)10-15-9(18-12)16-11(17-10)20-8-5-6-13-7-14-8/h5-7H,3-4,12H2,1-2H3,(H,15,16,17,18). The molecule has 0 saturated heterocycles. The number of nitrogens with one attached hydrogen (secondary N) is 1. The van der Waals surface area contributed by atoms with Gasteiger partial charge in [-0.1, -0.05) is 0 Å². The van der Waals surface area contributed by atoms with Gasteiger partial charge in [0.25, 0.3) is 0 Å². The van der Waals surface area contributed by atoms with Crippen LogP contribution in [0, 0.1) is 0 Å². The number of rotatable bonds is 6. The first-order chi connectivity index (χ1) is 9.76. The Labute approximate surface area is 121 Å². The maximum absolute atomic E-state index is 5.41. The molecule has 0 aliphatic carbocycles. The zero-order valence-corrected chi connectivity index (χ0v) is 12.1. The zero-order chi connectivity index (χ0) is 14.4. The Morgan fingerprint density at radius 2 is 2.05 bits per heavy atom. The highest BCUT2D eigenvalue weighted by molar-refractivity contribution is 7.99. The minimum Gasteiger partial charge on any atom is -0.341 e. The molecule has 0 aromatic carbocycles. The second-order valence-electron chi connectivity index (χ2n) is 3.71. The molecule has 0 spiro atoms. The second-order valence-corrected chi connectivity index (χ2v) is 4.70. The van der Waals surface area contributed by atoms with Gasteiger partial charge in [-0.25, -0.2) is 15.8 Å². The van der Waals surface area contributed by atoms with Gasteiger partial charge in [-0.05, 0) is 31.7 Å². The van der Waals surface area contributed by atoms with E-state index >= 15 is 0 Å². The highest BCUT2D eigenvalue weighted by Crippen LogP contribution is 2.24. The number of aromatic nitrogens is 5. The summed E-state index contributed by atoms with van der Waals surface area (Å²) in [4.78, 5) is 22.9. The first kappa shape index (κ1) is 14.4. The number of nitrogens with two attached hydrogens (primary N) is 1. The summed E-state index contributed by atoms with van der Waals surface area (Å²) in [7, 11) is 0. The first-order valence-electron chi connectivity index (χ1n) is 6.18. The molecule has 3 N–H and O–H groups in total. The van der Waals surface area contributed by atoms with Gasteiger partial charge < -0.3 is 4.90 Å². The van der Waals surface area contributed by atoms with Crippen LogP contribution in [0.2, 0.25) is 0 Å². The van der Waals surface area contributed by atoms with Crippen LogP contribution in [0.1, 0.15) is 13.8 Å². The van der Waals surface area contributed by atoms with Gasteiger partial charge in [0.15, 0.2) is 0 Å². The monoisotopic (exact) mass is 292 g/mol. The fourth-order valence-corrected chi connectivity index (χ4v) is 2.21. The second kappa shape index (κ2) is 6.96. The van der Waals surface area contributed by atoms with Gasteiger partial charge in [-0.15, -0.1) is 0 Å². The number of hydrogen-bond acceptors (Lipinski definition) is 9. The van der Waals surface area contributed by atoms with Crippen LogP contribution in [0.15, 0.2) is 28.8 Å². The number of anilines is 2. The molecule has 2 aromatic rings. The summed E-state index contributed by atoms with van der Waals surface area (Å²) in [6, 6.07) is 1.79. The number of hydrogen-bond donors (Lipinski definition) is 2. The summed E-state index contributed by atoms with van der Waals surface area (Å²) in [6.07, 6.45) is 3.15. The lowest BCUT2D eigenvalue weighted by molar-refractivity contribution is 0.782. The quantitative estimate of drug-likeness (QED) is 0.457. The van der Waals surface area contributed by atoms with Crippen LogP contribution in [0.25, 0.3) is 0 Å². The number of nitrogens with zero attached hydrogens (tertiary/aromatic N) is 6. The zero-order valence-electron chi connectivity index (χ0n) is 11.3. The molecule has 0 saturated carbocycles. The Balaban J connectivity index is 2.30. The Bertz CT molecular complexity index is 545. The lowest BCUT2D eigenvalue weighted by Crippen LogP contribution is -2.25. The minimum atomic E-state index is 0.332. The lowest BCUT2D eigenvalue weighted by atomic mass is 10.5. The molecular formula is C11H16N8S. The number of hydrazine groups is 1. The molecule has 0 aliphatic rings. The van der Waals surface area contributed by atoms with Gasteiger partial charge in [-0.2, -0.15) is 15.0 Å². The average Bonchev–Trinajstić information content (AvgIpc) is 2.49. The van der Waals surface area contributed by atoms with Crippen molar-refractivity contribution in [1.82, 2.24) is 24.9 Å². The van der Waals surface area contributed by atoms with E-state index in [-0.39, 0.29) is 0 Å². The summed E-state index contributed by atoms with van der Waals surface area (Å²) in [5, 5.41) is 1.30. The van der Waals surface area contributed by atoms with Crippen LogP contribution in [-0.2, 0) is 0 Å². The van der Waals surface area contributed by atoms with Crippen molar-refractivity contribution in [2.45, 2.75) is 24.0 Å². The topological polar surface area (TPSA) is 106 Å². The molecule has 0 radical (unpaired) electrons. The fourth-order valence-electron chi connectivity index (χ4n) is 1.54. The van der Waals surface area contributed by atoms with Crippen molar-refractivity contribution in [2.75, 3.05) is 23.4 Å². The molecule has 0 bridgehead atoms. The van der Waals surface area contributed by atoms with E-state index in [1.807, 2.05) is 18.7 Å². The third-order valence-corrected chi connectivity index (χ3v) is 3.34. The molecule has 0 unspecified atom stereocenters. The summed E-state index contributed by atoms with van der Waals surface area (Å²) < 4.78 is 0. The van der Waals surface area contributed by atoms with Crippen molar-refractivity contribution in [3.63, 3.8) is 0 Å². The van der Waals surface area contributed by atoms with Gasteiger partial charge in [0.2, 0.25) is 17.1 Å². The smallest absolute Gasteiger partial charge is 0.242 e. The summed E-state index contributed by atoms with van der Waals surface area (Å²) >= 11 is 1.33.